The maximum atomic E-state index is 6.04. The van der Waals surface area contributed by atoms with Crippen molar-refractivity contribution in [2.75, 3.05) is 6.61 Å². The SMILES string of the molecule is CCCCCC1CCC(CCCOc2ccc(-c3ccc(CCC(C)CC)cn3)cc2)CC1. The van der Waals surface area contributed by atoms with E-state index in [0.29, 0.717) is 0 Å². The molecule has 33 heavy (non-hydrogen) atoms. The summed E-state index contributed by atoms with van der Waals surface area (Å²) in [5.74, 6) is 3.70. The number of aryl methyl sites for hydroxylation is 1. The highest BCUT2D eigenvalue weighted by Gasteiger charge is 2.20. The lowest BCUT2D eigenvalue weighted by Crippen LogP contribution is -2.15. The van der Waals surface area contributed by atoms with Crippen LogP contribution in [0.15, 0.2) is 42.6 Å². The van der Waals surface area contributed by atoms with Crippen molar-refractivity contribution < 1.29 is 4.74 Å². The summed E-state index contributed by atoms with van der Waals surface area (Å²) in [7, 11) is 0. The fraction of sp³-hybridized carbons (Fsp3) is 0.645. The molecule has 2 heteroatoms. The third kappa shape index (κ3) is 9.14. The molecule has 0 amide bonds. The Kier molecular flexibility index (Phi) is 11.3. The van der Waals surface area contributed by atoms with E-state index < -0.39 is 0 Å². The van der Waals surface area contributed by atoms with E-state index in [1.54, 1.807) is 0 Å². The molecule has 0 aliphatic heterocycles. The van der Waals surface area contributed by atoms with E-state index in [9.17, 15) is 0 Å². The molecule has 0 saturated heterocycles. The van der Waals surface area contributed by atoms with Crippen LogP contribution in [0.5, 0.6) is 5.75 Å². The van der Waals surface area contributed by atoms with Gasteiger partial charge in [0, 0.05) is 11.8 Å². The minimum absolute atomic E-state index is 0.785. The van der Waals surface area contributed by atoms with Gasteiger partial charge in [0.25, 0.3) is 0 Å². The number of pyridine rings is 1. The van der Waals surface area contributed by atoms with Crippen LogP contribution in [0.1, 0.15) is 103 Å². The number of nitrogens with zero attached hydrogens (tertiary/aromatic N) is 1. The first kappa shape index (κ1) is 25.8. The Hall–Kier alpha value is -1.83. The second-order valence-corrected chi connectivity index (χ2v) is 10.5. The van der Waals surface area contributed by atoms with Gasteiger partial charge in [0.2, 0.25) is 0 Å². The summed E-state index contributed by atoms with van der Waals surface area (Å²) in [5, 5.41) is 0. The molecule has 0 radical (unpaired) electrons. The summed E-state index contributed by atoms with van der Waals surface area (Å²) in [5.41, 5.74) is 3.54. The first-order valence-corrected chi connectivity index (χ1v) is 13.9. The topological polar surface area (TPSA) is 22.1 Å². The van der Waals surface area contributed by atoms with Gasteiger partial charge in [0.05, 0.1) is 12.3 Å². The average Bonchev–Trinajstić information content (AvgIpc) is 2.87. The lowest BCUT2D eigenvalue weighted by atomic mass is 9.78. The van der Waals surface area contributed by atoms with Gasteiger partial charge in [-0.15, -0.1) is 0 Å². The van der Waals surface area contributed by atoms with Crippen LogP contribution in [0, 0.1) is 17.8 Å². The van der Waals surface area contributed by atoms with E-state index >= 15 is 0 Å². The minimum atomic E-state index is 0.785. The molecule has 1 aliphatic carbocycles. The fourth-order valence-corrected chi connectivity index (χ4v) is 5.14. The zero-order valence-electron chi connectivity index (χ0n) is 21.5. The molecule has 1 aliphatic rings. The number of hydrogen-bond donors (Lipinski definition) is 0. The molecule has 1 fully saturated rings. The van der Waals surface area contributed by atoms with Gasteiger partial charge in [-0.25, -0.2) is 0 Å². The third-order valence-electron chi connectivity index (χ3n) is 7.81. The molecule has 2 aromatic rings. The summed E-state index contributed by atoms with van der Waals surface area (Å²) in [6.45, 7) is 7.73. The fourth-order valence-electron chi connectivity index (χ4n) is 5.14. The van der Waals surface area contributed by atoms with E-state index in [1.807, 2.05) is 6.20 Å². The van der Waals surface area contributed by atoms with Gasteiger partial charge in [-0.3, -0.25) is 4.98 Å². The Bertz CT molecular complexity index is 759. The number of aromatic nitrogens is 1. The predicted octanol–water partition coefficient (Wildman–Crippen LogP) is 9.27. The molecule has 3 rings (SSSR count). The summed E-state index contributed by atoms with van der Waals surface area (Å²) in [4.78, 5) is 4.69. The molecule has 1 unspecified atom stereocenters. The van der Waals surface area contributed by atoms with Crippen molar-refractivity contribution in [3.8, 4) is 17.0 Å². The third-order valence-corrected chi connectivity index (χ3v) is 7.81. The largest absolute Gasteiger partial charge is 0.494 e. The minimum Gasteiger partial charge on any atom is -0.494 e. The number of benzene rings is 1. The van der Waals surface area contributed by atoms with Crippen LogP contribution in [0.2, 0.25) is 0 Å². The highest BCUT2D eigenvalue weighted by atomic mass is 16.5. The average molecular weight is 450 g/mol. The first-order valence-electron chi connectivity index (χ1n) is 13.9. The van der Waals surface area contributed by atoms with Crippen LogP contribution in [0.3, 0.4) is 0 Å². The highest BCUT2D eigenvalue weighted by molar-refractivity contribution is 5.60. The molecule has 0 N–H and O–H groups in total. The van der Waals surface area contributed by atoms with Crippen LogP contribution in [0.4, 0.5) is 0 Å². The van der Waals surface area contributed by atoms with Crippen molar-refractivity contribution in [2.45, 2.75) is 104 Å². The van der Waals surface area contributed by atoms with Crippen LogP contribution in [-0.4, -0.2) is 11.6 Å². The molecule has 2 nitrogen and oxygen atoms in total. The quantitative estimate of drug-likeness (QED) is 0.268. The van der Waals surface area contributed by atoms with Gasteiger partial charge in [0.15, 0.2) is 0 Å². The summed E-state index contributed by atoms with van der Waals surface area (Å²) >= 11 is 0. The van der Waals surface area contributed by atoms with Crippen LogP contribution in [0.25, 0.3) is 11.3 Å². The lowest BCUT2D eigenvalue weighted by molar-refractivity contribution is 0.228. The number of hydrogen-bond acceptors (Lipinski definition) is 2. The maximum Gasteiger partial charge on any atom is 0.119 e. The van der Waals surface area contributed by atoms with E-state index in [-0.39, 0.29) is 0 Å². The molecule has 1 saturated carbocycles. The summed E-state index contributed by atoms with van der Waals surface area (Å²) in [6.07, 6.45) is 19.6. The standard InChI is InChI=1S/C31H47NO/c1-4-6-7-9-26-13-15-27(16-14-26)10-8-23-33-30-20-18-29(19-21-30)31-22-17-28(24-32-31)12-11-25(3)5-2/h17-22,24-27H,4-16,23H2,1-3H3. The molecular formula is C31H47NO. The smallest absolute Gasteiger partial charge is 0.119 e. The predicted molar refractivity (Wildman–Crippen MR) is 142 cm³/mol. The maximum absolute atomic E-state index is 6.04. The second-order valence-electron chi connectivity index (χ2n) is 10.5. The van der Waals surface area contributed by atoms with Gasteiger partial charge >= 0.3 is 0 Å². The molecule has 1 heterocycles. The number of ether oxygens (including phenoxy) is 1. The Balaban J connectivity index is 1.33. The van der Waals surface area contributed by atoms with E-state index in [2.05, 4.69) is 57.2 Å². The zero-order valence-corrected chi connectivity index (χ0v) is 21.5. The molecule has 1 atom stereocenters. The lowest BCUT2D eigenvalue weighted by Gasteiger charge is -2.28. The number of unbranched alkanes of at least 4 members (excludes halogenated alkanes) is 2. The Morgan fingerprint density at radius 3 is 2.18 bits per heavy atom. The van der Waals surface area contributed by atoms with Gasteiger partial charge in [-0.1, -0.05) is 84.6 Å². The van der Waals surface area contributed by atoms with Gasteiger partial charge in [-0.05, 0) is 79.3 Å². The van der Waals surface area contributed by atoms with Crippen molar-refractivity contribution in [1.29, 1.82) is 0 Å². The summed E-state index contributed by atoms with van der Waals surface area (Å²) in [6, 6.07) is 12.8. The first-order chi connectivity index (χ1) is 16.2. The van der Waals surface area contributed by atoms with Crippen molar-refractivity contribution in [1.82, 2.24) is 4.98 Å². The monoisotopic (exact) mass is 449 g/mol. The summed E-state index contributed by atoms with van der Waals surface area (Å²) < 4.78 is 6.04. The second kappa shape index (κ2) is 14.4. The van der Waals surface area contributed by atoms with E-state index in [4.69, 9.17) is 9.72 Å². The molecular weight excluding hydrogens is 402 g/mol. The van der Waals surface area contributed by atoms with Crippen molar-refractivity contribution >= 4 is 0 Å². The molecule has 0 spiro atoms. The molecule has 182 valence electrons. The molecule has 1 aromatic carbocycles. The van der Waals surface area contributed by atoms with Crippen LogP contribution < -0.4 is 4.74 Å². The zero-order chi connectivity index (χ0) is 23.3. The van der Waals surface area contributed by atoms with Crippen molar-refractivity contribution in [2.24, 2.45) is 17.8 Å². The van der Waals surface area contributed by atoms with E-state index in [1.165, 1.54) is 82.6 Å². The van der Waals surface area contributed by atoms with Gasteiger partial charge in [0.1, 0.15) is 5.75 Å². The van der Waals surface area contributed by atoms with Gasteiger partial charge in [-0.2, -0.15) is 0 Å². The van der Waals surface area contributed by atoms with Crippen molar-refractivity contribution in [3.05, 3.63) is 48.2 Å². The van der Waals surface area contributed by atoms with Crippen molar-refractivity contribution in [3.63, 3.8) is 0 Å². The van der Waals surface area contributed by atoms with E-state index in [0.717, 1.165) is 47.8 Å². The Morgan fingerprint density at radius 1 is 0.879 bits per heavy atom. The Morgan fingerprint density at radius 2 is 1.58 bits per heavy atom. The van der Waals surface area contributed by atoms with Crippen LogP contribution in [-0.2, 0) is 6.42 Å². The number of rotatable bonds is 14. The molecule has 1 aromatic heterocycles. The van der Waals surface area contributed by atoms with Crippen LogP contribution >= 0.6 is 0 Å². The normalized spacial score (nSPS) is 19.4. The molecule has 0 bridgehead atoms. The van der Waals surface area contributed by atoms with Gasteiger partial charge < -0.3 is 4.74 Å². The Labute approximate surface area is 203 Å². The highest BCUT2D eigenvalue weighted by Crippen LogP contribution is 2.34.